The maximum Gasteiger partial charge on any atom is 0.138 e. The van der Waals surface area contributed by atoms with E-state index in [4.69, 9.17) is 0 Å². The Kier molecular flexibility index (Phi) is 4.68. The van der Waals surface area contributed by atoms with E-state index in [0.29, 0.717) is 12.2 Å². The lowest BCUT2D eigenvalue weighted by molar-refractivity contribution is -0.126. The Hall–Kier alpha value is -1.37. The number of hydrogen-bond acceptors (Lipinski definition) is 1. The minimum Gasteiger partial charge on any atom is -0.299 e. The molecular weight excluding hydrogens is 208 g/mol. The SMILES string of the molecule is C=CCC(CC(=O)C(C)(C)C)c1ccccc1. The molecule has 0 N–H and O–H groups in total. The quantitative estimate of drug-likeness (QED) is 0.687. The van der Waals surface area contributed by atoms with E-state index in [-0.39, 0.29) is 11.3 Å². The molecule has 0 heterocycles. The van der Waals surface area contributed by atoms with Crippen molar-refractivity contribution in [1.82, 2.24) is 0 Å². The molecule has 0 aromatic heterocycles. The van der Waals surface area contributed by atoms with Crippen LogP contribution in [0.25, 0.3) is 0 Å². The van der Waals surface area contributed by atoms with Gasteiger partial charge in [0, 0.05) is 11.8 Å². The molecule has 1 aromatic carbocycles. The molecule has 0 amide bonds. The molecular formula is C16H22O. The smallest absolute Gasteiger partial charge is 0.138 e. The van der Waals surface area contributed by atoms with Gasteiger partial charge in [-0.3, -0.25) is 4.79 Å². The second-order valence-corrected chi connectivity index (χ2v) is 5.51. The van der Waals surface area contributed by atoms with Gasteiger partial charge in [0.25, 0.3) is 0 Å². The first kappa shape index (κ1) is 13.7. The fourth-order valence-electron chi connectivity index (χ4n) is 1.79. The van der Waals surface area contributed by atoms with Crippen molar-refractivity contribution < 1.29 is 4.79 Å². The lowest BCUT2D eigenvalue weighted by Crippen LogP contribution is -2.22. The number of Topliss-reactive ketones (excluding diaryl/α,β-unsaturated/α-hetero) is 1. The zero-order valence-electron chi connectivity index (χ0n) is 11.1. The topological polar surface area (TPSA) is 17.1 Å². The molecule has 1 unspecified atom stereocenters. The van der Waals surface area contributed by atoms with Gasteiger partial charge in [0.2, 0.25) is 0 Å². The van der Waals surface area contributed by atoms with Crippen molar-refractivity contribution in [2.75, 3.05) is 0 Å². The number of allylic oxidation sites excluding steroid dienone is 1. The standard InChI is InChI=1S/C16H22O/c1-5-9-14(12-15(17)16(2,3)4)13-10-7-6-8-11-13/h5-8,10-11,14H,1,9,12H2,2-4H3. The van der Waals surface area contributed by atoms with E-state index in [2.05, 4.69) is 18.7 Å². The second-order valence-electron chi connectivity index (χ2n) is 5.51. The van der Waals surface area contributed by atoms with Crippen molar-refractivity contribution in [2.45, 2.75) is 39.5 Å². The van der Waals surface area contributed by atoms with Crippen LogP contribution in [0.2, 0.25) is 0 Å². The Balaban J connectivity index is 2.81. The van der Waals surface area contributed by atoms with Gasteiger partial charge in [-0.15, -0.1) is 6.58 Å². The van der Waals surface area contributed by atoms with Crippen LogP contribution >= 0.6 is 0 Å². The summed E-state index contributed by atoms with van der Waals surface area (Å²) in [6, 6.07) is 10.2. The minimum atomic E-state index is -0.256. The first-order chi connectivity index (χ1) is 7.95. The maximum absolute atomic E-state index is 12.1. The van der Waals surface area contributed by atoms with E-state index >= 15 is 0 Å². The van der Waals surface area contributed by atoms with Gasteiger partial charge in [-0.25, -0.2) is 0 Å². The van der Waals surface area contributed by atoms with Gasteiger partial charge < -0.3 is 0 Å². The molecule has 1 nitrogen and oxygen atoms in total. The molecule has 1 aromatic rings. The first-order valence-electron chi connectivity index (χ1n) is 6.14. The first-order valence-corrected chi connectivity index (χ1v) is 6.14. The Morgan fingerprint density at radius 2 is 1.88 bits per heavy atom. The molecule has 0 aliphatic carbocycles. The van der Waals surface area contributed by atoms with Crippen LogP contribution < -0.4 is 0 Å². The van der Waals surface area contributed by atoms with Gasteiger partial charge in [-0.1, -0.05) is 57.2 Å². The maximum atomic E-state index is 12.1. The van der Waals surface area contributed by atoms with E-state index in [1.165, 1.54) is 5.56 Å². The summed E-state index contributed by atoms with van der Waals surface area (Å²) in [6.07, 6.45) is 3.35. The second kappa shape index (κ2) is 5.81. The van der Waals surface area contributed by atoms with E-state index in [1.807, 2.05) is 45.0 Å². The molecule has 1 rings (SSSR count). The van der Waals surface area contributed by atoms with E-state index in [1.54, 1.807) is 0 Å². The van der Waals surface area contributed by atoms with Crippen LogP contribution in [0.15, 0.2) is 43.0 Å². The van der Waals surface area contributed by atoms with Crippen LogP contribution in [0.1, 0.15) is 45.1 Å². The lowest BCUT2D eigenvalue weighted by Gasteiger charge is -2.21. The van der Waals surface area contributed by atoms with Crippen molar-refractivity contribution >= 4 is 5.78 Å². The summed E-state index contributed by atoms with van der Waals surface area (Å²) < 4.78 is 0. The number of rotatable bonds is 5. The minimum absolute atomic E-state index is 0.256. The normalized spacial score (nSPS) is 13.1. The van der Waals surface area contributed by atoms with Crippen LogP contribution in [-0.4, -0.2) is 5.78 Å². The fourth-order valence-corrected chi connectivity index (χ4v) is 1.79. The summed E-state index contributed by atoms with van der Waals surface area (Å²) in [7, 11) is 0. The highest BCUT2D eigenvalue weighted by Crippen LogP contribution is 2.28. The average molecular weight is 230 g/mol. The summed E-state index contributed by atoms with van der Waals surface area (Å²) in [5.74, 6) is 0.577. The highest BCUT2D eigenvalue weighted by atomic mass is 16.1. The van der Waals surface area contributed by atoms with Crippen LogP contribution in [0.4, 0.5) is 0 Å². The third kappa shape index (κ3) is 4.18. The van der Waals surface area contributed by atoms with Gasteiger partial charge >= 0.3 is 0 Å². The molecule has 0 saturated heterocycles. The van der Waals surface area contributed by atoms with E-state index in [0.717, 1.165) is 6.42 Å². The zero-order chi connectivity index (χ0) is 12.9. The molecule has 0 spiro atoms. The predicted molar refractivity (Wildman–Crippen MR) is 73.1 cm³/mol. The fraction of sp³-hybridized carbons (Fsp3) is 0.438. The summed E-state index contributed by atoms with van der Waals surface area (Å²) in [5, 5.41) is 0. The van der Waals surface area contributed by atoms with Gasteiger partial charge in [0.05, 0.1) is 0 Å². The molecule has 17 heavy (non-hydrogen) atoms. The molecule has 1 atom stereocenters. The number of carbonyl (C=O) groups is 1. The Morgan fingerprint density at radius 1 is 1.29 bits per heavy atom. The van der Waals surface area contributed by atoms with Crippen molar-refractivity contribution in [3.63, 3.8) is 0 Å². The van der Waals surface area contributed by atoms with Crippen LogP contribution in [-0.2, 0) is 4.79 Å². The summed E-state index contributed by atoms with van der Waals surface area (Å²) in [6.45, 7) is 9.72. The van der Waals surface area contributed by atoms with Gasteiger partial charge in [0.1, 0.15) is 5.78 Å². The third-order valence-electron chi connectivity index (χ3n) is 2.99. The number of benzene rings is 1. The molecule has 0 radical (unpaired) electrons. The van der Waals surface area contributed by atoms with Crippen molar-refractivity contribution in [3.8, 4) is 0 Å². The lowest BCUT2D eigenvalue weighted by atomic mass is 9.82. The highest BCUT2D eigenvalue weighted by Gasteiger charge is 2.24. The van der Waals surface area contributed by atoms with Crippen LogP contribution in [0, 0.1) is 5.41 Å². The Morgan fingerprint density at radius 3 is 2.35 bits per heavy atom. The highest BCUT2D eigenvalue weighted by molar-refractivity contribution is 5.84. The molecule has 0 aliphatic rings. The van der Waals surface area contributed by atoms with E-state index in [9.17, 15) is 4.79 Å². The van der Waals surface area contributed by atoms with Crippen LogP contribution in [0.3, 0.4) is 0 Å². The number of ketones is 1. The van der Waals surface area contributed by atoms with Gasteiger partial charge in [-0.05, 0) is 17.9 Å². The van der Waals surface area contributed by atoms with Crippen LogP contribution in [0.5, 0.6) is 0 Å². The summed E-state index contributed by atoms with van der Waals surface area (Å²) >= 11 is 0. The molecule has 0 saturated carbocycles. The van der Waals surface area contributed by atoms with Crippen molar-refractivity contribution in [2.24, 2.45) is 5.41 Å². The molecule has 0 fully saturated rings. The van der Waals surface area contributed by atoms with Gasteiger partial charge in [-0.2, -0.15) is 0 Å². The predicted octanol–water partition coefficient (Wildman–Crippen LogP) is 4.35. The zero-order valence-corrected chi connectivity index (χ0v) is 11.1. The third-order valence-corrected chi connectivity index (χ3v) is 2.99. The van der Waals surface area contributed by atoms with E-state index < -0.39 is 0 Å². The Labute approximate surface area is 105 Å². The monoisotopic (exact) mass is 230 g/mol. The average Bonchev–Trinajstić information content (AvgIpc) is 2.28. The van der Waals surface area contributed by atoms with Gasteiger partial charge in [0.15, 0.2) is 0 Å². The van der Waals surface area contributed by atoms with Crippen molar-refractivity contribution in [3.05, 3.63) is 48.6 Å². The number of hydrogen-bond donors (Lipinski definition) is 0. The largest absolute Gasteiger partial charge is 0.299 e. The Bertz CT molecular complexity index is 370. The molecule has 92 valence electrons. The molecule has 0 aliphatic heterocycles. The summed E-state index contributed by atoms with van der Waals surface area (Å²) in [4.78, 5) is 12.1. The summed E-state index contributed by atoms with van der Waals surface area (Å²) in [5.41, 5.74) is 0.971. The number of carbonyl (C=O) groups excluding carboxylic acids is 1. The van der Waals surface area contributed by atoms with Crippen molar-refractivity contribution in [1.29, 1.82) is 0 Å². The molecule has 0 bridgehead atoms. The molecule has 1 heteroatoms.